The fourth-order valence-corrected chi connectivity index (χ4v) is 3.03. The molecular weight excluding hydrogens is 304 g/mol. The number of rotatable bonds is 5. The van der Waals surface area contributed by atoms with Crippen molar-refractivity contribution in [3.05, 3.63) is 53.4 Å². The summed E-state index contributed by atoms with van der Waals surface area (Å²) in [5.41, 5.74) is 8.10. The second-order valence-electron chi connectivity index (χ2n) is 6.33. The maximum atomic E-state index is 12.5. The highest BCUT2D eigenvalue weighted by Crippen LogP contribution is 2.11. The van der Waals surface area contributed by atoms with Gasteiger partial charge in [0.15, 0.2) is 5.76 Å². The Balaban J connectivity index is 1.47. The zero-order valence-electron chi connectivity index (χ0n) is 14.0. The van der Waals surface area contributed by atoms with Gasteiger partial charge < -0.3 is 15.2 Å². The zero-order valence-corrected chi connectivity index (χ0v) is 14.0. The van der Waals surface area contributed by atoms with Gasteiger partial charge in [0, 0.05) is 32.2 Å². The molecule has 0 unspecified atom stereocenters. The first-order chi connectivity index (χ1) is 11.6. The minimum absolute atomic E-state index is 0.0361. The van der Waals surface area contributed by atoms with Crippen LogP contribution >= 0.6 is 0 Å². The largest absolute Gasteiger partial charge is 0.360 e. The van der Waals surface area contributed by atoms with Crippen LogP contribution in [0.5, 0.6) is 0 Å². The third-order valence-corrected chi connectivity index (χ3v) is 4.36. The smallest absolute Gasteiger partial charge is 0.239 e. The Labute approximate surface area is 142 Å². The zero-order chi connectivity index (χ0) is 16.9. The van der Waals surface area contributed by atoms with Crippen molar-refractivity contribution >= 4 is 5.91 Å². The average Bonchev–Trinajstić information content (AvgIpc) is 3.00. The number of carbonyl (C=O) groups excluding carboxylic acids is 1. The van der Waals surface area contributed by atoms with Crippen molar-refractivity contribution in [2.45, 2.75) is 25.9 Å². The number of nitrogens with zero attached hydrogens (tertiary/aromatic N) is 3. The van der Waals surface area contributed by atoms with Crippen LogP contribution in [0.3, 0.4) is 0 Å². The van der Waals surface area contributed by atoms with Crippen molar-refractivity contribution in [2.24, 2.45) is 5.73 Å². The third-order valence-electron chi connectivity index (χ3n) is 4.36. The third kappa shape index (κ3) is 4.21. The van der Waals surface area contributed by atoms with Gasteiger partial charge in [0.1, 0.15) is 0 Å². The normalized spacial score (nSPS) is 17.0. The number of nitrogens with two attached hydrogens (primary N) is 1. The Morgan fingerprint density at radius 2 is 1.96 bits per heavy atom. The van der Waals surface area contributed by atoms with Crippen LogP contribution in [-0.4, -0.2) is 53.1 Å². The lowest BCUT2D eigenvalue weighted by molar-refractivity contribution is -0.134. The Morgan fingerprint density at radius 3 is 2.58 bits per heavy atom. The molecule has 0 bridgehead atoms. The topological polar surface area (TPSA) is 75.6 Å². The van der Waals surface area contributed by atoms with Crippen molar-refractivity contribution in [2.75, 3.05) is 26.2 Å². The molecule has 0 aliphatic carbocycles. The monoisotopic (exact) mass is 328 g/mol. The van der Waals surface area contributed by atoms with Gasteiger partial charge >= 0.3 is 0 Å². The first kappa shape index (κ1) is 16.7. The van der Waals surface area contributed by atoms with Gasteiger partial charge in [-0.2, -0.15) is 0 Å². The number of benzene rings is 1. The summed E-state index contributed by atoms with van der Waals surface area (Å²) in [6, 6.07) is 11.4. The number of piperazine rings is 1. The Hall–Kier alpha value is -2.18. The number of aromatic nitrogens is 1. The second-order valence-corrected chi connectivity index (χ2v) is 6.33. The lowest BCUT2D eigenvalue weighted by Crippen LogP contribution is -2.53. The molecule has 1 aromatic heterocycles. The lowest BCUT2D eigenvalue weighted by Gasteiger charge is -2.35. The molecule has 1 atom stereocenters. The molecule has 1 aliphatic heterocycles. The van der Waals surface area contributed by atoms with Crippen LogP contribution in [0.4, 0.5) is 0 Å². The van der Waals surface area contributed by atoms with Crippen LogP contribution < -0.4 is 5.73 Å². The summed E-state index contributed by atoms with van der Waals surface area (Å²) in [7, 11) is 0. The molecule has 6 heteroatoms. The van der Waals surface area contributed by atoms with E-state index in [-0.39, 0.29) is 5.91 Å². The second kappa shape index (κ2) is 7.59. The molecule has 1 fully saturated rings. The average molecular weight is 328 g/mol. The Morgan fingerprint density at radius 1 is 1.25 bits per heavy atom. The van der Waals surface area contributed by atoms with Gasteiger partial charge in [0.25, 0.3) is 0 Å². The predicted molar refractivity (Wildman–Crippen MR) is 91.2 cm³/mol. The van der Waals surface area contributed by atoms with Gasteiger partial charge in [0.05, 0.1) is 18.3 Å². The van der Waals surface area contributed by atoms with Crippen molar-refractivity contribution < 1.29 is 9.32 Å². The SMILES string of the molecule is Cc1cc(CN2CCN(C(=O)[C@@H](N)Cc3ccccc3)CC2)on1. The summed E-state index contributed by atoms with van der Waals surface area (Å²) >= 11 is 0. The Kier molecular flexibility index (Phi) is 5.27. The van der Waals surface area contributed by atoms with E-state index in [2.05, 4.69) is 10.1 Å². The first-order valence-electron chi connectivity index (χ1n) is 8.34. The van der Waals surface area contributed by atoms with Gasteiger partial charge in [-0.25, -0.2) is 0 Å². The summed E-state index contributed by atoms with van der Waals surface area (Å²) in [6.07, 6.45) is 0.581. The molecule has 1 aliphatic rings. The molecule has 0 saturated carbocycles. The molecule has 6 nitrogen and oxygen atoms in total. The molecule has 2 N–H and O–H groups in total. The van der Waals surface area contributed by atoms with E-state index in [0.29, 0.717) is 19.5 Å². The molecule has 2 aromatic rings. The summed E-state index contributed by atoms with van der Waals surface area (Å²) in [4.78, 5) is 16.7. The molecule has 128 valence electrons. The van der Waals surface area contributed by atoms with E-state index < -0.39 is 6.04 Å². The van der Waals surface area contributed by atoms with Crippen LogP contribution in [0.2, 0.25) is 0 Å². The summed E-state index contributed by atoms with van der Waals surface area (Å²) in [5.74, 6) is 0.905. The van der Waals surface area contributed by atoms with Crippen LogP contribution in [0.1, 0.15) is 17.0 Å². The van der Waals surface area contributed by atoms with Gasteiger partial charge in [-0.3, -0.25) is 9.69 Å². The van der Waals surface area contributed by atoms with Crippen molar-refractivity contribution in [3.63, 3.8) is 0 Å². The number of hydrogen-bond donors (Lipinski definition) is 1. The molecule has 24 heavy (non-hydrogen) atoms. The minimum atomic E-state index is -0.476. The van der Waals surface area contributed by atoms with Gasteiger partial charge in [-0.05, 0) is 18.9 Å². The van der Waals surface area contributed by atoms with E-state index in [0.717, 1.165) is 36.7 Å². The van der Waals surface area contributed by atoms with E-state index >= 15 is 0 Å². The number of amides is 1. The minimum Gasteiger partial charge on any atom is -0.360 e. The number of carbonyl (C=O) groups is 1. The molecule has 3 rings (SSSR count). The summed E-state index contributed by atoms with van der Waals surface area (Å²) in [6.45, 7) is 5.70. The maximum absolute atomic E-state index is 12.5. The Bertz CT molecular complexity index is 663. The van der Waals surface area contributed by atoms with E-state index in [4.69, 9.17) is 10.3 Å². The number of aryl methyl sites for hydroxylation is 1. The highest BCUT2D eigenvalue weighted by Gasteiger charge is 2.25. The molecule has 2 heterocycles. The molecular formula is C18H24N4O2. The lowest BCUT2D eigenvalue weighted by atomic mass is 10.1. The molecule has 0 radical (unpaired) electrons. The predicted octanol–water partition coefficient (Wildman–Crippen LogP) is 1.20. The first-order valence-corrected chi connectivity index (χ1v) is 8.34. The quantitative estimate of drug-likeness (QED) is 0.892. The van der Waals surface area contributed by atoms with E-state index in [1.165, 1.54) is 0 Å². The van der Waals surface area contributed by atoms with Gasteiger partial charge in [-0.15, -0.1) is 0 Å². The fourth-order valence-electron chi connectivity index (χ4n) is 3.03. The van der Waals surface area contributed by atoms with E-state index in [9.17, 15) is 4.79 Å². The fraction of sp³-hybridized carbons (Fsp3) is 0.444. The molecule has 1 aromatic carbocycles. The number of hydrogen-bond acceptors (Lipinski definition) is 5. The molecule has 1 amide bonds. The van der Waals surface area contributed by atoms with Crippen molar-refractivity contribution in [1.82, 2.24) is 15.0 Å². The van der Waals surface area contributed by atoms with Crippen LogP contribution in [0.15, 0.2) is 40.9 Å². The highest BCUT2D eigenvalue weighted by atomic mass is 16.5. The van der Waals surface area contributed by atoms with Crippen LogP contribution in [-0.2, 0) is 17.8 Å². The van der Waals surface area contributed by atoms with E-state index in [1.807, 2.05) is 48.2 Å². The van der Waals surface area contributed by atoms with Crippen molar-refractivity contribution in [1.29, 1.82) is 0 Å². The molecule has 1 saturated heterocycles. The van der Waals surface area contributed by atoms with Crippen LogP contribution in [0.25, 0.3) is 0 Å². The van der Waals surface area contributed by atoms with Gasteiger partial charge in [0.2, 0.25) is 5.91 Å². The standard InChI is InChI=1S/C18H24N4O2/c1-14-11-16(24-20-14)13-21-7-9-22(10-8-21)18(23)17(19)12-15-5-3-2-4-6-15/h2-6,11,17H,7-10,12-13,19H2,1H3/t17-/m0/s1. The maximum Gasteiger partial charge on any atom is 0.239 e. The summed E-state index contributed by atoms with van der Waals surface area (Å²) in [5, 5.41) is 3.91. The van der Waals surface area contributed by atoms with Crippen molar-refractivity contribution in [3.8, 4) is 0 Å². The summed E-state index contributed by atoms with van der Waals surface area (Å²) < 4.78 is 5.25. The highest BCUT2D eigenvalue weighted by molar-refractivity contribution is 5.82. The molecule has 0 spiro atoms. The van der Waals surface area contributed by atoms with Gasteiger partial charge in [-0.1, -0.05) is 35.5 Å². The van der Waals surface area contributed by atoms with Crippen LogP contribution in [0, 0.1) is 6.92 Å². The van der Waals surface area contributed by atoms with E-state index in [1.54, 1.807) is 0 Å².